The van der Waals surface area contributed by atoms with Gasteiger partial charge in [0.1, 0.15) is 17.8 Å². The molecule has 1 aliphatic carbocycles. The van der Waals surface area contributed by atoms with Crippen molar-refractivity contribution in [2.75, 3.05) is 6.61 Å². The van der Waals surface area contributed by atoms with Crippen molar-refractivity contribution in [3.63, 3.8) is 0 Å². The summed E-state index contributed by atoms with van der Waals surface area (Å²) < 4.78 is 11.5. The molecule has 2 aliphatic rings. The summed E-state index contributed by atoms with van der Waals surface area (Å²) in [6, 6.07) is 8.19. The quantitative estimate of drug-likeness (QED) is 0.304. The predicted molar refractivity (Wildman–Crippen MR) is 99.6 cm³/mol. The van der Waals surface area contributed by atoms with Crippen molar-refractivity contribution in [1.29, 1.82) is 0 Å². The minimum atomic E-state index is -0.613. The van der Waals surface area contributed by atoms with Crippen LogP contribution in [0.3, 0.4) is 0 Å². The van der Waals surface area contributed by atoms with Crippen LogP contribution in [0.25, 0.3) is 0 Å². The Balaban J connectivity index is 1.75. The molecule has 0 amide bonds. The summed E-state index contributed by atoms with van der Waals surface area (Å²) in [7, 11) is 0. The fourth-order valence-corrected chi connectivity index (χ4v) is 4.42. The first-order chi connectivity index (χ1) is 12.6. The number of benzene rings is 1. The van der Waals surface area contributed by atoms with Crippen LogP contribution in [0, 0.1) is 5.92 Å². The van der Waals surface area contributed by atoms with Crippen LogP contribution < -0.4 is 0 Å². The number of aryl methyl sites for hydroxylation is 1. The summed E-state index contributed by atoms with van der Waals surface area (Å²) in [6.45, 7) is 4.73. The molecule has 1 heterocycles. The first-order valence-corrected chi connectivity index (χ1v) is 9.62. The molecule has 1 unspecified atom stereocenters. The van der Waals surface area contributed by atoms with Gasteiger partial charge in [-0.05, 0) is 42.7 Å². The summed E-state index contributed by atoms with van der Waals surface area (Å²) in [4.78, 5) is 24.2. The summed E-state index contributed by atoms with van der Waals surface area (Å²) in [5.41, 5.74) is 1.73. The molecule has 0 radical (unpaired) electrons. The van der Waals surface area contributed by atoms with Gasteiger partial charge in [-0.15, -0.1) is 6.58 Å². The Morgan fingerprint density at radius 3 is 2.62 bits per heavy atom. The van der Waals surface area contributed by atoms with Gasteiger partial charge in [0.2, 0.25) is 0 Å². The first-order valence-electron chi connectivity index (χ1n) is 9.62. The van der Waals surface area contributed by atoms with Gasteiger partial charge in [0.25, 0.3) is 0 Å². The summed E-state index contributed by atoms with van der Waals surface area (Å²) >= 11 is 0. The molecule has 0 N–H and O–H groups in total. The Hall–Kier alpha value is -1.94. The lowest BCUT2D eigenvalue weighted by molar-refractivity contribution is -0.178. The molecule has 0 bridgehead atoms. The van der Waals surface area contributed by atoms with Crippen LogP contribution >= 0.6 is 0 Å². The number of carbonyl (C=O) groups excluding carboxylic acids is 2. The van der Waals surface area contributed by atoms with E-state index in [1.165, 1.54) is 5.56 Å². The van der Waals surface area contributed by atoms with Crippen molar-refractivity contribution in [2.24, 2.45) is 5.92 Å². The lowest BCUT2D eigenvalue weighted by Gasteiger charge is -2.41. The lowest BCUT2D eigenvalue weighted by atomic mass is 9.76. The molecule has 4 nitrogen and oxygen atoms in total. The van der Waals surface area contributed by atoms with Gasteiger partial charge in [0.15, 0.2) is 0 Å². The average Bonchev–Trinajstić information content (AvgIpc) is 3.16. The van der Waals surface area contributed by atoms with Crippen molar-refractivity contribution < 1.29 is 19.1 Å². The van der Waals surface area contributed by atoms with Gasteiger partial charge in [-0.1, -0.05) is 43.2 Å². The van der Waals surface area contributed by atoms with E-state index in [9.17, 15) is 9.59 Å². The molecule has 1 aliphatic heterocycles. The van der Waals surface area contributed by atoms with Crippen LogP contribution in [0.2, 0.25) is 0 Å². The molecule has 1 atom stereocenters. The Labute approximate surface area is 155 Å². The monoisotopic (exact) mass is 356 g/mol. The number of rotatable bonds is 8. The van der Waals surface area contributed by atoms with E-state index in [2.05, 4.69) is 18.7 Å². The second-order valence-corrected chi connectivity index (χ2v) is 7.48. The van der Waals surface area contributed by atoms with Gasteiger partial charge in [-0.25, -0.2) is 0 Å². The molecule has 0 aromatic heterocycles. The van der Waals surface area contributed by atoms with Crippen molar-refractivity contribution in [2.45, 2.75) is 63.6 Å². The molecule has 26 heavy (non-hydrogen) atoms. The van der Waals surface area contributed by atoms with E-state index < -0.39 is 5.60 Å². The number of hydrogen-bond acceptors (Lipinski definition) is 4. The Bertz CT molecular complexity index is 642. The summed E-state index contributed by atoms with van der Waals surface area (Å²) in [6.07, 6.45) is 7.94. The van der Waals surface area contributed by atoms with Crippen LogP contribution in [0.4, 0.5) is 0 Å². The fraction of sp³-hybridized carbons (Fsp3) is 0.545. The number of Topliss-reactive ketones (excluding diaryl/α,β-unsaturated/α-hetero) is 1. The SMILES string of the molecule is C=CCOCc1ccccc1CCC1(C2CCCC2)CC(=O)CC(=O)O1. The maximum Gasteiger partial charge on any atom is 0.313 e. The average molecular weight is 356 g/mol. The van der Waals surface area contributed by atoms with Crippen molar-refractivity contribution in [1.82, 2.24) is 0 Å². The molecular formula is C22H28O4. The number of carbonyl (C=O) groups is 2. The highest BCUT2D eigenvalue weighted by Gasteiger charge is 2.47. The normalized spacial score (nSPS) is 23.8. The van der Waals surface area contributed by atoms with E-state index in [-0.39, 0.29) is 18.2 Å². The minimum absolute atomic E-state index is 0.0238. The van der Waals surface area contributed by atoms with Gasteiger partial charge < -0.3 is 9.47 Å². The minimum Gasteiger partial charge on any atom is -0.458 e. The molecule has 1 saturated carbocycles. The van der Waals surface area contributed by atoms with Crippen molar-refractivity contribution >= 4 is 11.8 Å². The number of ether oxygens (including phenoxy) is 2. The highest BCUT2D eigenvalue weighted by molar-refractivity contribution is 5.98. The highest BCUT2D eigenvalue weighted by atomic mass is 16.6. The van der Waals surface area contributed by atoms with Crippen LogP contribution in [-0.4, -0.2) is 24.0 Å². The van der Waals surface area contributed by atoms with Gasteiger partial charge in [0, 0.05) is 6.42 Å². The van der Waals surface area contributed by atoms with Crippen LogP contribution in [0.5, 0.6) is 0 Å². The van der Waals surface area contributed by atoms with Crippen molar-refractivity contribution in [3.05, 3.63) is 48.0 Å². The van der Waals surface area contributed by atoms with Crippen LogP contribution in [0.15, 0.2) is 36.9 Å². The molecule has 0 spiro atoms. The van der Waals surface area contributed by atoms with Crippen LogP contribution in [-0.2, 0) is 32.1 Å². The predicted octanol–water partition coefficient (Wildman–Crippen LogP) is 4.16. The fourth-order valence-electron chi connectivity index (χ4n) is 4.42. The molecule has 4 heteroatoms. The number of esters is 1. The molecule has 3 rings (SSSR count). The molecular weight excluding hydrogens is 328 g/mol. The number of ketones is 1. The van der Waals surface area contributed by atoms with Gasteiger partial charge in [-0.2, -0.15) is 0 Å². The second-order valence-electron chi connectivity index (χ2n) is 7.48. The van der Waals surface area contributed by atoms with Gasteiger partial charge in [-0.3, -0.25) is 9.59 Å². The van der Waals surface area contributed by atoms with E-state index >= 15 is 0 Å². The van der Waals surface area contributed by atoms with E-state index in [0.717, 1.165) is 37.7 Å². The topological polar surface area (TPSA) is 52.6 Å². The lowest BCUT2D eigenvalue weighted by Crippen LogP contribution is -2.48. The Morgan fingerprint density at radius 1 is 1.19 bits per heavy atom. The smallest absolute Gasteiger partial charge is 0.313 e. The second kappa shape index (κ2) is 8.63. The summed E-state index contributed by atoms with van der Waals surface area (Å²) in [5, 5.41) is 0. The van der Waals surface area contributed by atoms with Crippen LogP contribution in [0.1, 0.15) is 56.1 Å². The Morgan fingerprint density at radius 2 is 1.92 bits per heavy atom. The third-order valence-electron chi connectivity index (χ3n) is 5.68. The number of cyclic esters (lactones) is 1. The van der Waals surface area contributed by atoms with E-state index in [1.807, 2.05) is 12.1 Å². The van der Waals surface area contributed by atoms with E-state index in [1.54, 1.807) is 6.08 Å². The third-order valence-corrected chi connectivity index (χ3v) is 5.68. The van der Waals surface area contributed by atoms with Gasteiger partial charge >= 0.3 is 5.97 Å². The third kappa shape index (κ3) is 4.42. The summed E-state index contributed by atoms with van der Waals surface area (Å²) in [5.74, 6) is -0.0219. The standard InChI is InChI=1S/C22H28O4/c1-2-13-25-16-18-8-4-3-7-17(18)11-12-22(19-9-5-6-10-19)15-20(23)14-21(24)26-22/h2-4,7-8,19H,1,5-6,9-16H2. The van der Waals surface area contributed by atoms with E-state index in [4.69, 9.17) is 9.47 Å². The zero-order valence-corrected chi connectivity index (χ0v) is 15.4. The first kappa shape index (κ1) is 18.8. The highest BCUT2D eigenvalue weighted by Crippen LogP contribution is 2.44. The maximum atomic E-state index is 12.2. The van der Waals surface area contributed by atoms with E-state index in [0.29, 0.717) is 32.0 Å². The maximum absolute atomic E-state index is 12.2. The zero-order chi connectivity index (χ0) is 18.4. The molecule has 140 valence electrons. The van der Waals surface area contributed by atoms with Crippen molar-refractivity contribution in [3.8, 4) is 0 Å². The number of hydrogen-bond donors (Lipinski definition) is 0. The van der Waals surface area contributed by atoms with Gasteiger partial charge in [0.05, 0.1) is 13.2 Å². The molecule has 1 aromatic rings. The molecule has 1 aromatic carbocycles. The molecule has 2 fully saturated rings. The largest absolute Gasteiger partial charge is 0.458 e. The zero-order valence-electron chi connectivity index (χ0n) is 15.4. The molecule has 1 saturated heterocycles. The Kier molecular flexibility index (Phi) is 6.25.